The molecule has 7 heteroatoms. The number of carboxylic acids is 1. The molecule has 1 aliphatic rings. The molecule has 2 aromatic carbocycles. The molecular formula is C17H16N2O5. The Balaban J connectivity index is 1.80. The molecule has 0 aromatic heterocycles. The minimum atomic E-state index is -0.993. The largest absolute Gasteiger partial charge is 0.493 e. The predicted octanol–water partition coefficient (Wildman–Crippen LogP) is 2.38. The first-order valence-electron chi connectivity index (χ1n) is 7.18. The van der Waals surface area contributed by atoms with Gasteiger partial charge in [0.2, 0.25) is 6.23 Å². The fraction of sp³-hybridized carbons (Fsp3) is 0.176. The lowest BCUT2D eigenvalue weighted by atomic mass is 10.1. The molecule has 0 saturated heterocycles. The number of nitrogens with one attached hydrogen (secondary N) is 1. The number of methoxy groups -OCH3 is 2. The first-order valence-corrected chi connectivity index (χ1v) is 7.18. The van der Waals surface area contributed by atoms with E-state index in [-0.39, 0.29) is 5.56 Å². The SMILES string of the molecule is COc1ccc(C2NC(c3cccc(C(=O)O)c3)=NO2)cc1OC. The van der Waals surface area contributed by atoms with Crippen LogP contribution in [0.5, 0.6) is 11.5 Å². The molecule has 1 atom stereocenters. The van der Waals surface area contributed by atoms with Crippen molar-refractivity contribution in [2.24, 2.45) is 5.16 Å². The summed E-state index contributed by atoms with van der Waals surface area (Å²) in [4.78, 5) is 16.5. The summed E-state index contributed by atoms with van der Waals surface area (Å²) in [6.45, 7) is 0. The van der Waals surface area contributed by atoms with Crippen molar-refractivity contribution in [2.45, 2.75) is 6.23 Å². The van der Waals surface area contributed by atoms with Crippen LogP contribution >= 0.6 is 0 Å². The Hall–Kier alpha value is -3.22. The third-order valence-electron chi connectivity index (χ3n) is 3.61. The predicted molar refractivity (Wildman–Crippen MR) is 86.4 cm³/mol. The lowest BCUT2D eigenvalue weighted by molar-refractivity contribution is 0.0696. The lowest BCUT2D eigenvalue weighted by Gasteiger charge is -2.13. The number of hydrogen-bond acceptors (Lipinski definition) is 6. The number of benzene rings is 2. The Labute approximate surface area is 138 Å². The average Bonchev–Trinajstić information content (AvgIpc) is 3.11. The minimum absolute atomic E-state index is 0.187. The summed E-state index contributed by atoms with van der Waals surface area (Å²) < 4.78 is 10.5. The second kappa shape index (κ2) is 6.49. The molecule has 0 fully saturated rings. The summed E-state index contributed by atoms with van der Waals surface area (Å²) in [5, 5.41) is 16.2. The minimum Gasteiger partial charge on any atom is -0.493 e. The van der Waals surface area contributed by atoms with E-state index in [4.69, 9.17) is 19.4 Å². The maximum atomic E-state index is 11.1. The molecule has 0 aliphatic carbocycles. The van der Waals surface area contributed by atoms with E-state index >= 15 is 0 Å². The van der Waals surface area contributed by atoms with E-state index in [1.165, 1.54) is 12.1 Å². The van der Waals surface area contributed by atoms with Gasteiger partial charge in [0.05, 0.1) is 19.8 Å². The summed E-state index contributed by atoms with van der Waals surface area (Å²) in [5.74, 6) is 0.682. The molecule has 3 rings (SSSR count). The number of amidine groups is 1. The summed E-state index contributed by atoms with van der Waals surface area (Å²) in [6, 6.07) is 11.9. The van der Waals surface area contributed by atoms with Gasteiger partial charge in [0.25, 0.3) is 0 Å². The molecule has 0 saturated carbocycles. The third kappa shape index (κ3) is 2.96. The van der Waals surface area contributed by atoms with Gasteiger partial charge in [-0.05, 0) is 30.3 Å². The van der Waals surface area contributed by atoms with Gasteiger partial charge in [0, 0.05) is 11.1 Å². The highest BCUT2D eigenvalue weighted by Crippen LogP contribution is 2.31. The standard InChI is InChI=1S/C17H16N2O5/c1-22-13-7-6-11(9-14(13)23-2)16-18-15(19-24-16)10-4-3-5-12(8-10)17(20)21/h3-9,16H,1-2H3,(H,18,19)(H,20,21). The highest BCUT2D eigenvalue weighted by molar-refractivity contribution is 6.01. The van der Waals surface area contributed by atoms with Crippen LogP contribution in [-0.4, -0.2) is 31.1 Å². The molecule has 1 heterocycles. The number of rotatable bonds is 5. The van der Waals surface area contributed by atoms with Gasteiger partial charge in [-0.25, -0.2) is 4.79 Å². The summed E-state index contributed by atoms with van der Waals surface area (Å²) in [6.07, 6.45) is -0.492. The van der Waals surface area contributed by atoms with E-state index in [0.29, 0.717) is 22.9 Å². The van der Waals surface area contributed by atoms with Gasteiger partial charge in [-0.1, -0.05) is 17.3 Å². The Morgan fingerprint density at radius 2 is 1.96 bits per heavy atom. The van der Waals surface area contributed by atoms with E-state index in [1.54, 1.807) is 38.5 Å². The van der Waals surface area contributed by atoms with Crippen molar-refractivity contribution in [3.05, 3.63) is 59.2 Å². The van der Waals surface area contributed by atoms with E-state index in [9.17, 15) is 4.79 Å². The van der Waals surface area contributed by atoms with E-state index in [1.807, 2.05) is 6.07 Å². The van der Waals surface area contributed by atoms with Crippen LogP contribution in [0, 0.1) is 0 Å². The second-order valence-electron chi connectivity index (χ2n) is 5.07. The zero-order chi connectivity index (χ0) is 17.1. The van der Waals surface area contributed by atoms with E-state index in [0.717, 1.165) is 5.56 Å². The van der Waals surface area contributed by atoms with E-state index in [2.05, 4.69) is 10.5 Å². The van der Waals surface area contributed by atoms with E-state index < -0.39 is 12.2 Å². The van der Waals surface area contributed by atoms with Crippen molar-refractivity contribution in [1.29, 1.82) is 0 Å². The Morgan fingerprint density at radius 3 is 2.67 bits per heavy atom. The van der Waals surface area contributed by atoms with Gasteiger partial charge in [0.1, 0.15) is 0 Å². The first kappa shape index (κ1) is 15.7. The molecule has 0 spiro atoms. The zero-order valence-electron chi connectivity index (χ0n) is 13.1. The number of aromatic carboxylic acids is 1. The smallest absolute Gasteiger partial charge is 0.335 e. The number of carboxylic acid groups (broad SMARTS) is 1. The Kier molecular flexibility index (Phi) is 4.24. The first-order chi connectivity index (χ1) is 11.6. The van der Waals surface area contributed by atoms with Crippen molar-refractivity contribution in [3.63, 3.8) is 0 Å². The van der Waals surface area contributed by atoms with Crippen LogP contribution in [0.25, 0.3) is 0 Å². The molecule has 124 valence electrons. The summed E-state index contributed by atoms with van der Waals surface area (Å²) >= 11 is 0. The van der Waals surface area contributed by atoms with Crippen LogP contribution in [0.3, 0.4) is 0 Å². The molecular weight excluding hydrogens is 312 g/mol. The topological polar surface area (TPSA) is 89.4 Å². The molecule has 1 aliphatic heterocycles. The van der Waals surface area contributed by atoms with Crippen molar-refractivity contribution in [3.8, 4) is 11.5 Å². The molecule has 0 amide bonds. The molecule has 0 bridgehead atoms. The van der Waals surface area contributed by atoms with Gasteiger partial charge in [-0.2, -0.15) is 0 Å². The number of hydrogen-bond donors (Lipinski definition) is 2. The number of ether oxygens (including phenoxy) is 2. The number of nitrogens with zero attached hydrogens (tertiary/aromatic N) is 1. The van der Waals surface area contributed by atoms with Crippen molar-refractivity contribution < 1.29 is 24.2 Å². The summed E-state index contributed by atoms with van der Waals surface area (Å²) in [5.41, 5.74) is 1.63. The Bertz CT molecular complexity index is 803. The van der Waals surface area contributed by atoms with Gasteiger partial charge in [0.15, 0.2) is 17.3 Å². The van der Waals surface area contributed by atoms with Gasteiger partial charge in [-0.3, -0.25) is 0 Å². The average molecular weight is 328 g/mol. The van der Waals surface area contributed by atoms with Crippen LogP contribution < -0.4 is 14.8 Å². The maximum Gasteiger partial charge on any atom is 0.335 e. The van der Waals surface area contributed by atoms with Crippen LogP contribution in [0.1, 0.15) is 27.7 Å². The third-order valence-corrected chi connectivity index (χ3v) is 3.61. The van der Waals surface area contributed by atoms with Gasteiger partial charge in [-0.15, -0.1) is 0 Å². The fourth-order valence-electron chi connectivity index (χ4n) is 2.38. The molecule has 2 N–H and O–H groups in total. The highest BCUT2D eigenvalue weighted by atomic mass is 16.7. The van der Waals surface area contributed by atoms with Crippen LogP contribution in [0.15, 0.2) is 47.6 Å². The molecule has 24 heavy (non-hydrogen) atoms. The fourth-order valence-corrected chi connectivity index (χ4v) is 2.38. The number of oxime groups is 1. The van der Waals surface area contributed by atoms with Crippen molar-refractivity contribution in [2.75, 3.05) is 14.2 Å². The second-order valence-corrected chi connectivity index (χ2v) is 5.07. The molecule has 1 unspecified atom stereocenters. The van der Waals surface area contributed by atoms with Crippen molar-refractivity contribution in [1.82, 2.24) is 5.32 Å². The van der Waals surface area contributed by atoms with Gasteiger partial charge >= 0.3 is 5.97 Å². The van der Waals surface area contributed by atoms with Crippen LogP contribution in [-0.2, 0) is 4.84 Å². The normalized spacial score (nSPS) is 15.9. The van der Waals surface area contributed by atoms with Crippen molar-refractivity contribution >= 4 is 11.8 Å². The van der Waals surface area contributed by atoms with Crippen LogP contribution in [0.2, 0.25) is 0 Å². The Morgan fingerprint density at radius 1 is 1.17 bits per heavy atom. The number of carbonyl (C=O) groups is 1. The lowest BCUT2D eigenvalue weighted by Crippen LogP contribution is -2.23. The maximum absolute atomic E-state index is 11.1. The zero-order valence-corrected chi connectivity index (χ0v) is 13.1. The van der Waals surface area contributed by atoms with Crippen LogP contribution in [0.4, 0.5) is 0 Å². The molecule has 2 aromatic rings. The molecule has 7 nitrogen and oxygen atoms in total. The quantitative estimate of drug-likeness (QED) is 0.876. The summed E-state index contributed by atoms with van der Waals surface area (Å²) in [7, 11) is 3.13. The monoisotopic (exact) mass is 328 g/mol. The molecule has 0 radical (unpaired) electrons. The highest BCUT2D eigenvalue weighted by Gasteiger charge is 2.24. The van der Waals surface area contributed by atoms with Gasteiger partial charge < -0.3 is 24.7 Å².